The Hall–Kier alpha value is -1.96. The Morgan fingerprint density at radius 2 is 1.96 bits per heavy atom. The van der Waals surface area contributed by atoms with Crippen molar-refractivity contribution in [2.45, 2.75) is 12.5 Å². The molecule has 0 aliphatic carbocycles. The van der Waals surface area contributed by atoms with Gasteiger partial charge in [-0.3, -0.25) is 4.79 Å². The zero-order chi connectivity index (χ0) is 17.2. The molecule has 1 aliphatic heterocycles. The summed E-state index contributed by atoms with van der Waals surface area (Å²) in [6.07, 6.45) is 0.570. The highest BCUT2D eigenvalue weighted by molar-refractivity contribution is 7.89. The number of nitrogens with one attached hydrogen (secondary N) is 1. The first-order valence-corrected chi connectivity index (χ1v) is 9.56. The molecule has 7 heteroatoms. The van der Waals surface area contributed by atoms with Gasteiger partial charge < -0.3 is 11.1 Å². The molecule has 1 saturated heterocycles. The fraction of sp³-hybridized carbons (Fsp3) is 0.353. The van der Waals surface area contributed by atoms with E-state index in [0.717, 1.165) is 16.3 Å². The van der Waals surface area contributed by atoms with Crippen molar-refractivity contribution in [1.29, 1.82) is 0 Å². The van der Waals surface area contributed by atoms with Crippen LogP contribution in [-0.4, -0.2) is 44.0 Å². The Morgan fingerprint density at radius 1 is 1.21 bits per heavy atom. The van der Waals surface area contributed by atoms with Crippen molar-refractivity contribution in [2.24, 2.45) is 5.73 Å². The zero-order valence-corrected chi connectivity index (χ0v) is 14.1. The van der Waals surface area contributed by atoms with E-state index in [1.165, 1.54) is 4.31 Å². The van der Waals surface area contributed by atoms with Gasteiger partial charge in [-0.05, 0) is 28.8 Å². The summed E-state index contributed by atoms with van der Waals surface area (Å²) in [4.78, 5) is 12.2. The van der Waals surface area contributed by atoms with Gasteiger partial charge in [0.15, 0.2) is 0 Å². The maximum atomic E-state index is 12.2. The molecule has 1 aliphatic rings. The van der Waals surface area contributed by atoms with E-state index in [1.54, 1.807) is 0 Å². The van der Waals surface area contributed by atoms with Crippen LogP contribution in [0.5, 0.6) is 0 Å². The predicted molar refractivity (Wildman–Crippen MR) is 93.9 cm³/mol. The minimum Gasteiger partial charge on any atom is -0.347 e. The number of sulfonamides is 1. The maximum absolute atomic E-state index is 12.2. The summed E-state index contributed by atoms with van der Waals surface area (Å²) < 4.78 is 24.8. The number of fused-ring (bicyclic) bond motifs is 1. The van der Waals surface area contributed by atoms with Crippen molar-refractivity contribution in [3.8, 4) is 0 Å². The molecule has 0 saturated carbocycles. The smallest absolute Gasteiger partial charge is 0.235 e. The third-order valence-corrected chi connectivity index (χ3v) is 6.17. The second kappa shape index (κ2) is 6.88. The first-order chi connectivity index (χ1) is 11.5. The average molecular weight is 347 g/mol. The van der Waals surface area contributed by atoms with Gasteiger partial charge in [0.05, 0.1) is 18.3 Å². The van der Waals surface area contributed by atoms with E-state index >= 15 is 0 Å². The highest BCUT2D eigenvalue weighted by Crippen LogP contribution is 2.20. The minimum atomic E-state index is -3.28. The molecular formula is C17H21N3O3S. The second-order valence-electron chi connectivity index (χ2n) is 5.97. The number of hydrogen-bond acceptors (Lipinski definition) is 4. The molecule has 0 aromatic heterocycles. The molecule has 2 aromatic carbocycles. The van der Waals surface area contributed by atoms with Crippen LogP contribution in [0.15, 0.2) is 42.5 Å². The van der Waals surface area contributed by atoms with E-state index in [1.807, 2.05) is 42.5 Å². The molecule has 0 spiro atoms. The van der Waals surface area contributed by atoms with Crippen molar-refractivity contribution in [3.63, 3.8) is 0 Å². The Morgan fingerprint density at radius 3 is 2.62 bits per heavy atom. The van der Waals surface area contributed by atoms with Crippen LogP contribution in [0, 0.1) is 0 Å². The Kier molecular flexibility index (Phi) is 4.84. The summed E-state index contributed by atoms with van der Waals surface area (Å²) in [6, 6.07) is 13.5. The summed E-state index contributed by atoms with van der Waals surface area (Å²) in [5, 5.41) is 5.03. The van der Waals surface area contributed by atoms with Crippen LogP contribution in [0.1, 0.15) is 18.0 Å². The van der Waals surface area contributed by atoms with Gasteiger partial charge in [0, 0.05) is 13.1 Å². The average Bonchev–Trinajstić information content (AvgIpc) is 2.90. The number of amides is 1. The monoisotopic (exact) mass is 347 g/mol. The predicted octanol–water partition coefficient (Wildman–Crippen LogP) is 0.991. The topological polar surface area (TPSA) is 92.5 Å². The van der Waals surface area contributed by atoms with Gasteiger partial charge in [0.25, 0.3) is 0 Å². The van der Waals surface area contributed by atoms with Crippen molar-refractivity contribution in [1.82, 2.24) is 9.62 Å². The number of hydrogen-bond donors (Lipinski definition) is 2. The van der Waals surface area contributed by atoms with E-state index in [2.05, 4.69) is 5.32 Å². The van der Waals surface area contributed by atoms with Crippen molar-refractivity contribution in [3.05, 3.63) is 48.0 Å². The summed E-state index contributed by atoms with van der Waals surface area (Å²) in [5.74, 6) is -0.213. The number of benzene rings is 2. The first-order valence-electron chi connectivity index (χ1n) is 7.95. The largest absolute Gasteiger partial charge is 0.347 e. The van der Waals surface area contributed by atoms with Crippen LogP contribution in [0.3, 0.4) is 0 Å². The Balaban J connectivity index is 1.72. The Bertz CT molecular complexity index is 851. The summed E-state index contributed by atoms with van der Waals surface area (Å²) in [6.45, 7) is 0.502. The SMILES string of the molecule is NCC(NC(=O)CN1CCCS1(=O)=O)c1ccc2ccccc2c1. The third-order valence-electron chi connectivity index (χ3n) is 4.27. The molecule has 0 radical (unpaired) electrons. The van der Waals surface area contributed by atoms with E-state index in [-0.39, 0.29) is 30.8 Å². The lowest BCUT2D eigenvalue weighted by Gasteiger charge is -2.20. The molecule has 1 atom stereocenters. The maximum Gasteiger partial charge on any atom is 0.235 e. The summed E-state index contributed by atoms with van der Waals surface area (Å²) >= 11 is 0. The van der Waals surface area contributed by atoms with Gasteiger partial charge in [0.2, 0.25) is 15.9 Å². The lowest BCUT2D eigenvalue weighted by Crippen LogP contribution is -2.41. The van der Waals surface area contributed by atoms with Crippen LogP contribution < -0.4 is 11.1 Å². The molecule has 128 valence electrons. The molecule has 1 unspecified atom stereocenters. The van der Waals surface area contributed by atoms with Gasteiger partial charge >= 0.3 is 0 Å². The van der Waals surface area contributed by atoms with Gasteiger partial charge in [0.1, 0.15) is 0 Å². The normalized spacial score (nSPS) is 18.5. The number of nitrogens with two attached hydrogens (primary N) is 1. The molecule has 24 heavy (non-hydrogen) atoms. The van der Waals surface area contributed by atoms with E-state index in [4.69, 9.17) is 5.73 Å². The fourth-order valence-electron chi connectivity index (χ4n) is 2.97. The van der Waals surface area contributed by atoms with Crippen molar-refractivity contribution < 1.29 is 13.2 Å². The van der Waals surface area contributed by atoms with E-state index < -0.39 is 10.0 Å². The molecule has 0 bridgehead atoms. The molecule has 1 heterocycles. The highest BCUT2D eigenvalue weighted by Gasteiger charge is 2.30. The summed E-state index contributed by atoms with van der Waals surface area (Å²) in [7, 11) is -3.28. The van der Waals surface area contributed by atoms with Crippen LogP contribution >= 0.6 is 0 Å². The highest BCUT2D eigenvalue weighted by atomic mass is 32.2. The molecule has 3 N–H and O–H groups in total. The quantitative estimate of drug-likeness (QED) is 0.844. The van der Waals surface area contributed by atoms with E-state index in [9.17, 15) is 13.2 Å². The molecule has 6 nitrogen and oxygen atoms in total. The lowest BCUT2D eigenvalue weighted by molar-refractivity contribution is -0.121. The van der Waals surface area contributed by atoms with Gasteiger partial charge in [-0.1, -0.05) is 36.4 Å². The second-order valence-corrected chi connectivity index (χ2v) is 8.05. The minimum absolute atomic E-state index is 0.116. The molecule has 2 aromatic rings. The van der Waals surface area contributed by atoms with Crippen LogP contribution in [0.2, 0.25) is 0 Å². The molecular weight excluding hydrogens is 326 g/mol. The summed E-state index contributed by atoms with van der Waals surface area (Å²) in [5.41, 5.74) is 6.72. The van der Waals surface area contributed by atoms with Gasteiger partial charge in [-0.2, -0.15) is 4.31 Å². The fourth-order valence-corrected chi connectivity index (χ4v) is 4.45. The van der Waals surface area contributed by atoms with Crippen LogP contribution in [0.4, 0.5) is 0 Å². The molecule has 3 rings (SSSR count). The molecule has 1 amide bonds. The van der Waals surface area contributed by atoms with Gasteiger partial charge in [-0.25, -0.2) is 8.42 Å². The number of carbonyl (C=O) groups is 1. The number of carbonyl (C=O) groups excluding carboxylic acids is 1. The van der Waals surface area contributed by atoms with Crippen molar-refractivity contribution >= 4 is 26.7 Å². The first kappa shape index (κ1) is 16.9. The van der Waals surface area contributed by atoms with E-state index in [0.29, 0.717) is 13.0 Å². The third kappa shape index (κ3) is 3.58. The standard InChI is InChI=1S/C17H21N3O3S/c18-11-16(15-7-6-13-4-1-2-5-14(13)10-15)19-17(21)12-20-8-3-9-24(20,22)23/h1-2,4-7,10,16H,3,8-9,11-12,18H2,(H,19,21). The van der Waals surface area contributed by atoms with Crippen molar-refractivity contribution in [2.75, 3.05) is 25.4 Å². The van der Waals surface area contributed by atoms with Crippen LogP contribution in [-0.2, 0) is 14.8 Å². The number of nitrogens with zero attached hydrogens (tertiary/aromatic N) is 1. The lowest BCUT2D eigenvalue weighted by atomic mass is 10.0. The Labute approximate surface area is 141 Å². The molecule has 1 fully saturated rings. The zero-order valence-electron chi connectivity index (χ0n) is 13.3. The number of rotatable bonds is 5. The van der Waals surface area contributed by atoms with Crippen LogP contribution in [0.25, 0.3) is 10.8 Å². The van der Waals surface area contributed by atoms with Gasteiger partial charge in [-0.15, -0.1) is 0 Å².